The molecular weight excluding hydrogens is 421 g/mol. The fourth-order valence-electron chi connectivity index (χ4n) is 3.52. The van der Waals surface area contributed by atoms with E-state index in [2.05, 4.69) is 42.3 Å². The first kappa shape index (κ1) is 21.0. The van der Waals surface area contributed by atoms with Gasteiger partial charge in [0.1, 0.15) is 5.82 Å². The van der Waals surface area contributed by atoms with Gasteiger partial charge in [0.15, 0.2) is 5.13 Å². The van der Waals surface area contributed by atoms with E-state index in [1.54, 1.807) is 11.3 Å². The molecule has 4 rings (SSSR count). The number of sulfonamides is 1. The normalized spacial score (nSPS) is 15.5. The lowest BCUT2D eigenvalue weighted by atomic mass is 10.0. The van der Waals surface area contributed by atoms with E-state index in [-0.39, 0.29) is 4.90 Å². The van der Waals surface area contributed by atoms with Crippen LogP contribution in [0.1, 0.15) is 22.4 Å². The van der Waals surface area contributed by atoms with Crippen LogP contribution >= 0.6 is 11.3 Å². The number of piperazine rings is 1. The van der Waals surface area contributed by atoms with Crippen molar-refractivity contribution in [1.82, 2.24) is 9.29 Å². The molecule has 3 aromatic rings. The minimum atomic E-state index is -3.60. The fraction of sp³-hybridized carbons (Fsp3) is 0.318. The van der Waals surface area contributed by atoms with E-state index >= 15 is 0 Å². The zero-order valence-electron chi connectivity index (χ0n) is 17.0. The summed E-state index contributed by atoms with van der Waals surface area (Å²) in [5.74, 6) is -0.445. The molecule has 2 aromatic carbocycles. The lowest BCUT2D eigenvalue weighted by molar-refractivity contribution is 0.384. The van der Waals surface area contributed by atoms with Crippen molar-refractivity contribution in [1.29, 1.82) is 0 Å². The molecule has 1 saturated heterocycles. The Bertz CT molecular complexity index is 1140. The maximum Gasteiger partial charge on any atom is 0.243 e. The summed E-state index contributed by atoms with van der Waals surface area (Å²) in [7, 11) is -3.60. The molecule has 1 aromatic heterocycles. The van der Waals surface area contributed by atoms with Gasteiger partial charge in [0.2, 0.25) is 10.0 Å². The predicted molar refractivity (Wildman–Crippen MR) is 118 cm³/mol. The summed E-state index contributed by atoms with van der Waals surface area (Å²) in [5.41, 5.74) is 4.83. The third-order valence-electron chi connectivity index (χ3n) is 5.46. The number of hydrogen-bond donors (Lipinski definition) is 0. The van der Waals surface area contributed by atoms with Crippen molar-refractivity contribution < 1.29 is 12.8 Å². The molecule has 30 heavy (non-hydrogen) atoms. The molecule has 0 N–H and O–H groups in total. The van der Waals surface area contributed by atoms with Crippen LogP contribution in [0.25, 0.3) is 0 Å². The lowest BCUT2D eigenvalue weighted by Gasteiger charge is -2.33. The minimum absolute atomic E-state index is 0.127. The largest absolute Gasteiger partial charge is 0.345 e. The fourth-order valence-corrected chi connectivity index (χ4v) is 5.82. The first-order chi connectivity index (χ1) is 14.3. The van der Waals surface area contributed by atoms with Gasteiger partial charge in [-0.3, -0.25) is 0 Å². The maximum atomic E-state index is 13.1. The van der Waals surface area contributed by atoms with Gasteiger partial charge in [-0.15, -0.1) is 11.3 Å². The van der Waals surface area contributed by atoms with Crippen molar-refractivity contribution in [2.24, 2.45) is 0 Å². The van der Waals surface area contributed by atoms with E-state index in [1.165, 1.54) is 45.3 Å². The highest BCUT2D eigenvalue weighted by atomic mass is 32.2. The quantitative estimate of drug-likeness (QED) is 0.596. The number of hydrogen-bond acceptors (Lipinski definition) is 5. The molecule has 1 fully saturated rings. The molecule has 0 unspecified atom stereocenters. The highest BCUT2D eigenvalue weighted by Crippen LogP contribution is 2.25. The van der Waals surface area contributed by atoms with Gasteiger partial charge in [-0.05, 0) is 54.8 Å². The third-order valence-corrected chi connectivity index (χ3v) is 8.32. The Morgan fingerprint density at radius 1 is 1.00 bits per heavy atom. The van der Waals surface area contributed by atoms with Crippen LogP contribution in [0, 0.1) is 19.7 Å². The number of halogens is 1. The van der Waals surface area contributed by atoms with Crippen molar-refractivity contribution in [2.45, 2.75) is 25.2 Å². The summed E-state index contributed by atoms with van der Waals surface area (Å²) in [4.78, 5) is 7.03. The molecule has 1 aliphatic rings. The summed E-state index contributed by atoms with van der Waals surface area (Å²) in [5, 5.41) is 3.00. The van der Waals surface area contributed by atoms with Crippen molar-refractivity contribution in [2.75, 3.05) is 31.1 Å². The summed E-state index contributed by atoms with van der Waals surface area (Å²) in [6.45, 7) is 6.15. The van der Waals surface area contributed by atoms with Gasteiger partial charge in [0.05, 0.1) is 10.6 Å². The Labute approximate surface area is 180 Å². The molecular formula is C22H24FN3O2S2. The van der Waals surface area contributed by atoms with Crippen LogP contribution in [0.4, 0.5) is 9.52 Å². The molecule has 1 aliphatic heterocycles. The van der Waals surface area contributed by atoms with Crippen LogP contribution < -0.4 is 4.90 Å². The van der Waals surface area contributed by atoms with E-state index in [9.17, 15) is 12.8 Å². The maximum absolute atomic E-state index is 13.1. The number of aromatic nitrogens is 1. The molecule has 0 atom stereocenters. The summed E-state index contributed by atoms with van der Waals surface area (Å²) >= 11 is 1.59. The Kier molecular flexibility index (Phi) is 5.90. The average molecular weight is 446 g/mol. The summed E-state index contributed by atoms with van der Waals surface area (Å²) < 4.78 is 40.1. The van der Waals surface area contributed by atoms with Crippen molar-refractivity contribution >= 4 is 26.5 Å². The Hall–Kier alpha value is -2.29. The molecule has 0 saturated carbocycles. The summed E-state index contributed by atoms with van der Waals surface area (Å²) in [6, 6.07) is 11.5. The van der Waals surface area contributed by atoms with Gasteiger partial charge in [-0.25, -0.2) is 17.8 Å². The van der Waals surface area contributed by atoms with Crippen LogP contribution in [0.2, 0.25) is 0 Å². The first-order valence-electron chi connectivity index (χ1n) is 9.84. The van der Waals surface area contributed by atoms with E-state index in [0.717, 1.165) is 17.2 Å². The second-order valence-electron chi connectivity index (χ2n) is 7.56. The number of nitrogens with zero attached hydrogens (tertiary/aromatic N) is 3. The smallest absolute Gasteiger partial charge is 0.243 e. The van der Waals surface area contributed by atoms with Gasteiger partial charge in [-0.2, -0.15) is 4.31 Å². The second kappa shape index (κ2) is 8.45. The number of anilines is 1. The molecule has 8 heteroatoms. The van der Waals surface area contributed by atoms with E-state index in [0.29, 0.717) is 26.2 Å². The Balaban J connectivity index is 1.40. The van der Waals surface area contributed by atoms with Crippen molar-refractivity contribution in [3.8, 4) is 0 Å². The molecule has 0 bridgehead atoms. The van der Waals surface area contributed by atoms with Gasteiger partial charge >= 0.3 is 0 Å². The average Bonchev–Trinajstić information content (AvgIpc) is 3.20. The van der Waals surface area contributed by atoms with Crippen LogP contribution in [0.15, 0.2) is 52.7 Å². The third kappa shape index (κ3) is 4.40. The summed E-state index contributed by atoms with van der Waals surface area (Å²) in [6.07, 6.45) is 0.788. The van der Waals surface area contributed by atoms with Gasteiger partial charge in [-0.1, -0.05) is 18.2 Å². The van der Waals surface area contributed by atoms with Gasteiger partial charge < -0.3 is 4.90 Å². The Morgan fingerprint density at radius 3 is 2.37 bits per heavy atom. The highest BCUT2D eigenvalue weighted by Gasteiger charge is 2.29. The van der Waals surface area contributed by atoms with E-state index in [1.807, 2.05) is 0 Å². The SMILES string of the molecule is Cc1ccc(Cc2csc(N3CCN(S(=O)(=O)c4ccc(F)cc4)CC3)n2)cc1C. The molecule has 5 nitrogen and oxygen atoms in total. The second-order valence-corrected chi connectivity index (χ2v) is 10.3. The van der Waals surface area contributed by atoms with Crippen LogP contribution in [-0.4, -0.2) is 43.9 Å². The molecule has 0 amide bonds. The van der Waals surface area contributed by atoms with E-state index in [4.69, 9.17) is 4.98 Å². The number of benzene rings is 2. The number of thiazole rings is 1. The number of aryl methyl sites for hydroxylation is 2. The van der Waals surface area contributed by atoms with Crippen molar-refractivity contribution in [3.05, 3.63) is 76.0 Å². The molecule has 0 aliphatic carbocycles. The molecule has 0 radical (unpaired) electrons. The predicted octanol–water partition coefficient (Wildman–Crippen LogP) is 4.00. The minimum Gasteiger partial charge on any atom is -0.345 e. The van der Waals surface area contributed by atoms with Crippen LogP contribution in [0.5, 0.6) is 0 Å². The van der Waals surface area contributed by atoms with Crippen LogP contribution in [-0.2, 0) is 16.4 Å². The van der Waals surface area contributed by atoms with Gasteiger partial charge in [0.25, 0.3) is 0 Å². The zero-order chi connectivity index (χ0) is 21.3. The highest BCUT2D eigenvalue weighted by molar-refractivity contribution is 7.89. The monoisotopic (exact) mass is 445 g/mol. The molecule has 2 heterocycles. The standard InChI is InChI=1S/C22H24FN3O2S2/c1-16-3-4-18(13-17(16)2)14-20-15-29-22(24-20)25-9-11-26(12-10-25)30(27,28)21-7-5-19(23)6-8-21/h3-8,13,15H,9-12,14H2,1-2H3. The first-order valence-corrected chi connectivity index (χ1v) is 12.2. The molecule has 158 valence electrons. The lowest BCUT2D eigenvalue weighted by Crippen LogP contribution is -2.48. The molecule has 0 spiro atoms. The topological polar surface area (TPSA) is 53.5 Å². The number of rotatable bonds is 5. The van der Waals surface area contributed by atoms with Gasteiger partial charge in [0, 0.05) is 38.0 Å². The van der Waals surface area contributed by atoms with Crippen molar-refractivity contribution in [3.63, 3.8) is 0 Å². The van der Waals surface area contributed by atoms with E-state index < -0.39 is 15.8 Å². The zero-order valence-corrected chi connectivity index (χ0v) is 18.6. The van der Waals surface area contributed by atoms with Crippen LogP contribution in [0.3, 0.4) is 0 Å². The Morgan fingerprint density at radius 2 is 1.70 bits per heavy atom.